The summed E-state index contributed by atoms with van der Waals surface area (Å²) in [5.74, 6) is 0.401. The molecule has 2 amide bonds. The molecule has 0 atom stereocenters. The molecule has 0 spiro atoms. The number of amides is 2. The van der Waals surface area contributed by atoms with Gasteiger partial charge in [-0.05, 0) is 24.3 Å². The van der Waals surface area contributed by atoms with Gasteiger partial charge in [0.1, 0.15) is 0 Å². The van der Waals surface area contributed by atoms with Crippen molar-refractivity contribution in [2.24, 2.45) is 0 Å². The van der Waals surface area contributed by atoms with Crippen LogP contribution in [0, 0.1) is 0 Å². The smallest absolute Gasteiger partial charge is 0.269 e. The molecular weight excluding hydrogens is 316 g/mol. The van der Waals surface area contributed by atoms with E-state index in [1.165, 1.54) is 11.8 Å². The Bertz CT molecular complexity index is 434. The SMILES string of the molecule is C=CCSCC(=O)NNC(=O)c1ccc(Br)cc1. The van der Waals surface area contributed by atoms with E-state index < -0.39 is 0 Å². The van der Waals surface area contributed by atoms with Crippen LogP contribution in [0.25, 0.3) is 0 Å². The number of nitrogens with one attached hydrogen (secondary N) is 2. The minimum Gasteiger partial charge on any atom is -0.272 e. The highest BCUT2D eigenvalue weighted by Gasteiger charge is 2.06. The average Bonchev–Trinajstić information content (AvgIpc) is 2.37. The second kappa shape index (κ2) is 7.94. The first-order valence-corrected chi connectivity index (χ1v) is 7.11. The summed E-state index contributed by atoms with van der Waals surface area (Å²) >= 11 is 4.70. The van der Waals surface area contributed by atoms with Crippen LogP contribution in [0.2, 0.25) is 0 Å². The zero-order valence-corrected chi connectivity index (χ0v) is 12.0. The van der Waals surface area contributed by atoms with Crippen LogP contribution in [0.4, 0.5) is 0 Å². The lowest BCUT2D eigenvalue weighted by Crippen LogP contribution is -2.42. The third-order valence-corrected chi connectivity index (χ3v) is 3.36. The van der Waals surface area contributed by atoms with Gasteiger partial charge in [0.2, 0.25) is 5.91 Å². The van der Waals surface area contributed by atoms with Crippen molar-refractivity contribution in [3.63, 3.8) is 0 Å². The van der Waals surface area contributed by atoms with E-state index in [2.05, 4.69) is 33.4 Å². The molecule has 96 valence electrons. The summed E-state index contributed by atoms with van der Waals surface area (Å²) in [5.41, 5.74) is 5.18. The van der Waals surface area contributed by atoms with Crippen molar-refractivity contribution in [2.75, 3.05) is 11.5 Å². The number of hydrogen-bond donors (Lipinski definition) is 2. The molecule has 0 heterocycles. The summed E-state index contributed by atoms with van der Waals surface area (Å²) < 4.78 is 0.893. The third kappa shape index (κ3) is 5.37. The number of benzene rings is 1. The van der Waals surface area contributed by atoms with Crippen LogP contribution >= 0.6 is 27.7 Å². The Morgan fingerprint density at radius 2 is 1.94 bits per heavy atom. The van der Waals surface area contributed by atoms with Crippen molar-refractivity contribution in [3.8, 4) is 0 Å². The van der Waals surface area contributed by atoms with Gasteiger partial charge < -0.3 is 0 Å². The largest absolute Gasteiger partial charge is 0.272 e. The van der Waals surface area contributed by atoms with Crippen LogP contribution in [0.1, 0.15) is 10.4 Å². The number of hydrazine groups is 1. The molecule has 0 aromatic heterocycles. The van der Waals surface area contributed by atoms with Gasteiger partial charge in [-0.3, -0.25) is 20.4 Å². The molecule has 0 aliphatic heterocycles. The predicted molar refractivity (Wildman–Crippen MR) is 77.3 cm³/mol. The van der Waals surface area contributed by atoms with Gasteiger partial charge in [-0.1, -0.05) is 22.0 Å². The molecule has 0 aliphatic carbocycles. The van der Waals surface area contributed by atoms with E-state index in [0.29, 0.717) is 11.3 Å². The molecule has 4 nitrogen and oxygen atoms in total. The highest BCUT2D eigenvalue weighted by molar-refractivity contribution is 9.10. The maximum atomic E-state index is 11.6. The number of carbonyl (C=O) groups excluding carboxylic acids is 2. The lowest BCUT2D eigenvalue weighted by atomic mass is 10.2. The first-order chi connectivity index (χ1) is 8.63. The van der Waals surface area contributed by atoms with Crippen molar-refractivity contribution < 1.29 is 9.59 Å². The molecule has 6 heteroatoms. The van der Waals surface area contributed by atoms with E-state index in [4.69, 9.17) is 0 Å². The Morgan fingerprint density at radius 3 is 2.56 bits per heavy atom. The van der Waals surface area contributed by atoms with Crippen LogP contribution in [-0.2, 0) is 4.79 Å². The highest BCUT2D eigenvalue weighted by Crippen LogP contribution is 2.10. The number of rotatable bonds is 5. The molecule has 0 radical (unpaired) electrons. The minimum absolute atomic E-state index is 0.243. The highest BCUT2D eigenvalue weighted by atomic mass is 79.9. The summed E-state index contributed by atoms with van der Waals surface area (Å²) in [5, 5.41) is 0. The van der Waals surface area contributed by atoms with Crippen LogP contribution in [0.3, 0.4) is 0 Å². The second-order valence-electron chi connectivity index (χ2n) is 3.31. The first kappa shape index (κ1) is 14.8. The van der Waals surface area contributed by atoms with Crippen molar-refractivity contribution in [1.29, 1.82) is 0 Å². The van der Waals surface area contributed by atoms with E-state index in [1.807, 2.05) is 0 Å². The van der Waals surface area contributed by atoms with Crippen molar-refractivity contribution in [2.45, 2.75) is 0 Å². The van der Waals surface area contributed by atoms with E-state index in [1.54, 1.807) is 30.3 Å². The number of hydrogen-bond acceptors (Lipinski definition) is 3. The van der Waals surface area contributed by atoms with E-state index in [9.17, 15) is 9.59 Å². The van der Waals surface area contributed by atoms with Gasteiger partial charge >= 0.3 is 0 Å². The monoisotopic (exact) mass is 328 g/mol. The van der Waals surface area contributed by atoms with E-state index in [0.717, 1.165) is 4.47 Å². The standard InChI is InChI=1S/C12H13BrN2O2S/c1-2-7-18-8-11(16)14-15-12(17)9-3-5-10(13)6-4-9/h2-6H,1,7-8H2,(H,14,16)(H,15,17). The summed E-state index contributed by atoms with van der Waals surface area (Å²) in [7, 11) is 0. The normalized spacial score (nSPS) is 9.61. The molecule has 0 aliphatic rings. The van der Waals surface area contributed by atoms with Crippen molar-refractivity contribution >= 4 is 39.5 Å². The summed E-state index contributed by atoms with van der Waals surface area (Å²) in [6.45, 7) is 3.55. The molecule has 0 bridgehead atoms. The lowest BCUT2D eigenvalue weighted by Gasteiger charge is -2.06. The third-order valence-electron chi connectivity index (χ3n) is 1.89. The number of halogens is 1. The second-order valence-corrected chi connectivity index (χ2v) is 5.26. The first-order valence-electron chi connectivity index (χ1n) is 5.17. The molecule has 0 saturated carbocycles. The zero-order valence-electron chi connectivity index (χ0n) is 9.61. The zero-order chi connectivity index (χ0) is 13.4. The fourth-order valence-corrected chi connectivity index (χ4v) is 1.88. The Labute approximate surface area is 118 Å². The molecule has 1 rings (SSSR count). The van der Waals surface area contributed by atoms with Gasteiger partial charge in [0.05, 0.1) is 5.75 Å². The van der Waals surface area contributed by atoms with Gasteiger partial charge in [-0.2, -0.15) is 0 Å². The molecular formula is C12H13BrN2O2S. The maximum absolute atomic E-state index is 11.6. The number of thioether (sulfide) groups is 1. The Kier molecular flexibility index (Phi) is 6.53. The quantitative estimate of drug-likeness (QED) is 0.494. The summed E-state index contributed by atoms with van der Waals surface area (Å²) in [4.78, 5) is 22.9. The molecule has 0 saturated heterocycles. The Hall–Kier alpha value is -1.27. The van der Waals surface area contributed by atoms with Gasteiger partial charge in [-0.15, -0.1) is 18.3 Å². The average molecular weight is 329 g/mol. The molecule has 2 N–H and O–H groups in total. The van der Waals surface area contributed by atoms with Gasteiger partial charge in [0.25, 0.3) is 5.91 Å². The lowest BCUT2D eigenvalue weighted by molar-refractivity contribution is -0.119. The maximum Gasteiger partial charge on any atom is 0.269 e. The Morgan fingerprint density at radius 1 is 1.28 bits per heavy atom. The van der Waals surface area contributed by atoms with Gasteiger partial charge in [0.15, 0.2) is 0 Å². The number of carbonyl (C=O) groups is 2. The Balaban J connectivity index is 2.34. The minimum atomic E-state index is -0.343. The van der Waals surface area contributed by atoms with Crippen LogP contribution in [0.5, 0.6) is 0 Å². The van der Waals surface area contributed by atoms with Crippen LogP contribution < -0.4 is 10.9 Å². The van der Waals surface area contributed by atoms with Crippen molar-refractivity contribution in [3.05, 3.63) is 47.0 Å². The predicted octanol–water partition coefficient (Wildman–Crippen LogP) is 2.13. The fraction of sp³-hybridized carbons (Fsp3) is 0.167. The fourth-order valence-electron chi connectivity index (χ4n) is 1.07. The van der Waals surface area contributed by atoms with Crippen LogP contribution in [0.15, 0.2) is 41.4 Å². The van der Waals surface area contributed by atoms with E-state index >= 15 is 0 Å². The molecule has 0 fully saturated rings. The topological polar surface area (TPSA) is 58.2 Å². The summed E-state index contributed by atoms with van der Waals surface area (Å²) in [6.07, 6.45) is 1.72. The van der Waals surface area contributed by atoms with Gasteiger partial charge in [-0.25, -0.2) is 0 Å². The van der Waals surface area contributed by atoms with Crippen molar-refractivity contribution in [1.82, 2.24) is 10.9 Å². The molecule has 18 heavy (non-hydrogen) atoms. The summed E-state index contributed by atoms with van der Waals surface area (Å²) in [6, 6.07) is 6.85. The van der Waals surface area contributed by atoms with Gasteiger partial charge in [0, 0.05) is 15.8 Å². The molecule has 1 aromatic rings. The van der Waals surface area contributed by atoms with Crippen LogP contribution in [-0.4, -0.2) is 23.3 Å². The van der Waals surface area contributed by atoms with E-state index in [-0.39, 0.29) is 17.6 Å². The molecule has 1 aromatic carbocycles. The molecule has 0 unspecified atom stereocenters.